The first-order valence-electron chi connectivity index (χ1n) is 4.08. The lowest BCUT2D eigenvalue weighted by Crippen LogP contribution is -2.19. The van der Waals surface area contributed by atoms with Crippen LogP contribution in [0.25, 0.3) is 0 Å². The van der Waals surface area contributed by atoms with E-state index >= 15 is 0 Å². The lowest BCUT2D eigenvalue weighted by molar-refractivity contribution is 0.349. The first-order chi connectivity index (χ1) is 6.57. The van der Waals surface area contributed by atoms with Crippen LogP contribution in [0.4, 0.5) is 4.39 Å². The third kappa shape index (κ3) is 2.03. The molecule has 0 aliphatic carbocycles. The fourth-order valence-electron chi connectivity index (χ4n) is 1.21. The van der Waals surface area contributed by atoms with E-state index in [2.05, 4.69) is 0 Å². The Morgan fingerprint density at radius 3 is 2.57 bits per heavy atom. The summed E-state index contributed by atoms with van der Waals surface area (Å²) < 4.78 is 13.4. The second-order valence-electron chi connectivity index (χ2n) is 3.13. The van der Waals surface area contributed by atoms with Crippen molar-refractivity contribution in [2.75, 3.05) is 14.1 Å². The first-order valence-corrected chi connectivity index (χ1v) is 4.45. The fourth-order valence-corrected chi connectivity index (χ4v) is 1.48. The number of halogens is 2. The SMILES string of the molecule is CN(C)C(C#N)c1c(F)cccc1Cl. The van der Waals surface area contributed by atoms with Gasteiger partial charge in [0.1, 0.15) is 11.9 Å². The van der Waals surface area contributed by atoms with E-state index in [-0.39, 0.29) is 10.6 Å². The molecule has 1 aromatic rings. The number of hydrogen-bond acceptors (Lipinski definition) is 2. The highest BCUT2D eigenvalue weighted by Crippen LogP contribution is 2.27. The molecule has 1 rings (SSSR count). The zero-order valence-corrected chi connectivity index (χ0v) is 8.72. The lowest BCUT2D eigenvalue weighted by Gasteiger charge is -2.18. The maximum atomic E-state index is 13.4. The van der Waals surface area contributed by atoms with Crippen LogP contribution in [0.1, 0.15) is 11.6 Å². The van der Waals surface area contributed by atoms with E-state index in [1.54, 1.807) is 25.1 Å². The largest absolute Gasteiger partial charge is 0.290 e. The van der Waals surface area contributed by atoms with Crippen LogP contribution < -0.4 is 0 Å². The van der Waals surface area contributed by atoms with E-state index in [9.17, 15) is 4.39 Å². The molecule has 1 atom stereocenters. The molecule has 0 radical (unpaired) electrons. The van der Waals surface area contributed by atoms with Gasteiger partial charge in [-0.3, -0.25) is 4.90 Å². The number of benzene rings is 1. The van der Waals surface area contributed by atoms with Crippen LogP contribution in [0.15, 0.2) is 18.2 Å². The van der Waals surface area contributed by atoms with Crippen LogP contribution >= 0.6 is 11.6 Å². The first kappa shape index (κ1) is 11.0. The quantitative estimate of drug-likeness (QED) is 0.754. The minimum absolute atomic E-state index is 0.238. The molecule has 4 heteroatoms. The Bertz CT molecular complexity index is 351. The predicted molar refractivity (Wildman–Crippen MR) is 53.5 cm³/mol. The molecule has 0 heterocycles. The zero-order chi connectivity index (χ0) is 10.7. The Morgan fingerprint density at radius 2 is 2.14 bits per heavy atom. The highest BCUT2D eigenvalue weighted by molar-refractivity contribution is 6.31. The van der Waals surface area contributed by atoms with Gasteiger partial charge in [-0.1, -0.05) is 17.7 Å². The number of rotatable bonds is 2. The van der Waals surface area contributed by atoms with Crippen molar-refractivity contribution < 1.29 is 4.39 Å². The monoisotopic (exact) mass is 212 g/mol. The molecule has 0 fully saturated rings. The molecule has 0 aromatic heterocycles. The summed E-state index contributed by atoms with van der Waals surface area (Å²) in [6.45, 7) is 0. The van der Waals surface area contributed by atoms with Crippen LogP contribution in [0.5, 0.6) is 0 Å². The Morgan fingerprint density at radius 1 is 1.50 bits per heavy atom. The molecule has 0 spiro atoms. The molecule has 0 aliphatic heterocycles. The molecule has 1 aromatic carbocycles. The van der Waals surface area contributed by atoms with Crippen molar-refractivity contribution in [1.29, 1.82) is 5.26 Å². The van der Waals surface area contributed by atoms with Gasteiger partial charge in [-0.15, -0.1) is 0 Å². The smallest absolute Gasteiger partial charge is 0.130 e. The van der Waals surface area contributed by atoms with Crippen molar-refractivity contribution in [3.63, 3.8) is 0 Å². The van der Waals surface area contributed by atoms with Crippen LogP contribution in [0.2, 0.25) is 5.02 Å². The second-order valence-corrected chi connectivity index (χ2v) is 3.54. The fraction of sp³-hybridized carbons (Fsp3) is 0.300. The molecular weight excluding hydrogens is 203 g/mol. The Hall–Kier alpha value is -1.11. The minimum atomic E-state index is -0.649. The highest BCUT2D eigenvalue weighted by Gasteiger charge is 2.20. The number of hydrogen-bond donors (Lipinski definition) is 0. The van der Waals surface area contributed by atoms with Crippen LogP contribution in [0, 0.1) is 17.1 Å². The Kier molecular flexibility index (Phi) is 3.45. The average Bonchev–Trinajstić information content (AvgIpc) is 2.10. The predicted octanol–water partition coefficient (Wildman–Crippen LogP) is 2.61. The van der Waals surface area contributed by atoms with Gasteiger partial charge in [0, 0.05) is 10.6 Å². The Labute approximate surface area is 87.5 Å². The van der Waals surface area contributed by atoms with Gasteiger partial charge in [0.05, 0.1) is 6.07 Å². The third-order valence-electron chi connectivity index (χ3n) is 1.91. The molecular formula is C10H10ClFN2. The van der Waals surface area contributed by atoms with E-state index in [1.807, 2.05) is 6.07 Å². The lowest BCUT2D eigenvalue weighted by atomic mass is 10.1. The van der Waals surface area contributed by atoms with Gasteiger partial charge in [0.25, 0.3) is 0 Å². The molecule has 0 N–H and O–H groups in total. The summed E-state index contributed by atoms with van der Waals surface area (Å²) in [5.41, 5.74) is 0.238. The van der Waals surface area contributed by atoms with Crippen molar-refractivity contribution in [1.82, 2.24) is 4.90 Å². The van der Waals surface area contributed by atoms with Gasteiger partial charge in [-0.2, -0.15) is 5.26 Å². The van der Waals surface area contributed by atoms with Crippen LogP contribution in [-0.4, -0.2) is 19.0 Å². The van der Waals surface area contributed by atoms with E-state index in [0.29, 0.717) is 0 Å². The van der Waals surface area contributed by atoms with Crippen molar-refractivity contribution in [2.24, 2.45) is 0 Å². The van der Waals surface area contributed by atoms with E-state index in [4.69, 9.17) is 16.9 Å². The van der Waals surface area contributed by atoms with E-state index in [0.717, 1.165) is 0 Å². The summed E-state index contributed by atoms with van der Waals surface area (Å²) in [4.78, 5) is 1.62. The van der Waals surface area contributed by atoms with Gasteiger partial charge in [0.15, 0.2) is 0 Å². The van der Waals surface area contributed by atoms with Crippen LogP contribution in [-0.2, 0) is 0 Å². The van der Waals surface area contributed by atoms with Crippen molar-refractivity contribution in [3.05, 3.63) is 34.6 Å². The van der Waals surface area contributed by atoms with Gasteiger partial charge < -0.3 is 0 Å². The van der Waals surface area contributed by atoms with Gasteiger partial charge in [-0.05, 0) is 26.2 Å². The van der Waals surface area contributed by atoms with Crippen molar-refractivity contribution in [2.45, 2.75) is 6.04 Å². The summed E-state index contributed by atoms with van der Waals surface area (Å²) in [5.74, 6) is -0.447. The molecule has 0 saturated heterocycles. The topological polar surface area (TPSA) is 27.0 Å². The van der Waals surface area contributed by atoms with E-state index in [1.165, 1.54) is 12.1 Å². The van der Waals surface area contributed by atoms with Crippen molar-refractivity contribution in [3.8, 4) is 6.07 Å². The number of nitrogens with zero attached hydrogens (tertiary/aromatic N) is 2. The summed E-state index contributed by atoms with van der Waals surface area (Å²) in [5, 5.41) is 9.16. The van der Waals surface area contributed by atoms with E-state index < -0.39 is 11.9 Å². The van der Waals surface area contributed by atoms with Crippen molar-refractivity contribution >= 4 is 11.6 Å². The molecule has 2 nitrogen and oxygen atoms in total. The maximum Gasteiger partial charge on any atom is 0.130 e. The molecule has 0 bridgehead atoms. The maximum absolute atomic E-state index is 13.4. The normalized spacial score (nSPS) is 12.6. The molecule has 0 amide bonds. The van der Waals surface area contributed by atoms with Crippen LogP contribution in [0.3, 0.4) is 0 Å². The number of nitriles is 1. The highest BCUT2D eigenvalue weighted by atomic mass is 35.5. The second kappa shape index (κ2) is 4.41. The Balaban J connectivity index is 3.24. The minimum Gasteiger partial charge on any atom is -0.290 e. The molecule has 74 valence electrons. The summed E-state index contributed by atoms with van der Waals surface area (Å²) in [6, 6.07) is 5.75. The third-order valence-corrected chi connectivity index (χ3v) is 2.24. The molecule has 0 aliphatic rings. The molecule has 1 unspecified atom stereocenters. The van der Waals surface area contributed by atoms with Gasteiger partial charge in [-0.25, -0.2) is 4.39 Å². The summed E-state index contributed by atoms with van der Waals surface area (Å²) in [6.07, 6.45) is 0. The van der Waals surface area contributed by atoms with Gasteiger partial charge >= 0.3 is 0 Å². The summed E-state index contributed by atoms with van der Waals surface area (Å²) >= 11 is 5.83. The zero-order valence-electron chi connectivity index (χ0n) is 7.96. The standard InChI is InChI=1S/C10H10ClFN2/c1-14(2)9(6-13)10-7(11)4-3-5-8(10)12/h3-5,9H,1-2H3. The molecule has 14 heavy (non-hydrogen) atoms. The molecule has 0 saturated carbocycles. The van der Waals surface area contributed by atoms with Gasteiger partial charge in [0.2, 0.25) is 0 Å². The average molecular weight is 213 g/mol. The summed E-state index contributed by atoms with van der Waals surface area (Å²) in [7, 11) is 3.41.